The Morgan fingerprint density at radius 1 is 1.00 bits per heavy atom. The smallest absolute Gasteiger partial charge is 0.141 e. The number of hydrogen-bond acceptors (Lipinski definition) is 2. The minimum absolute atomic E-state index is 0.0632. The maximum Gasteiger partial charge on any atom is 0.141 e. The summed E-state index contributed by atoms with van der Waals surface area (Å²) in [5.74, 6) is 0.520. The molecule has 1 aromatic rings. The summed E-state index contributed by atoms with van der Waals surface area (Å²) >= 11 is 0. The molecule has 0 saturated heterocycles. The lowest BCUT2D eigenvalue weighted by Gasteiger charge is -2.46. The summed E-state index contributed by atoms with van der Waals surface area (Å²) in [5, 5.41) is 3.65. The van der Waals surface area contributed by atoms with E-state index in [1.807, 2.05) is 6.07 Å². The van der Waals surface area contributed by atoms with Gasteiger partial charge in [-0.15, -0.1) is 0 Å². The molecular weight excluding hydrogens is 234 g/mol. The van der Waals surface area contributed by atoms with Gasteiger partial charge in [0.05, 0.1) is 0 Å². The number of anilines is 1. The molecule has 102 valence electrons. The van der Waals surface area contributed by atoms with E-state index in [1.165, 1.54) is 19.3 Å². The van der Waals surface area contributed by atoms with Crippen molar-refractivity contribution in [3.05, 3.63) is 30.3 Å². The molecule has 2 saturated carbocycles. The Morgan fingerprint density at radius 2 is 1.74 bits per heavy atom. The van der Waals surface area contributed by atoms with E-state index < -0.39 is 0 Å². The van der Waals surface area contributed by atoms with E-state index in [1.54, 1.807) is 0 Å². The lowest BCUT2D eigenvalue weighted by molar-refractivity contribution is -0.134. The van der Waals surface area contributed by atoms with E-state index in [0.29, 0.717) is 11.8 Å². The van der Waals surface area contributed by atoms with Crippen LogP contribution in [0.2, 0.25) is 0 Å². The van der Waals surface area contributed by atoms with Gasteiger partial charge in [-0.1, -0.05) is 37.5 Å². The second kappa shape index (κ2) is 5.36. The Hall–Kier alpha value is -1.31. The molecule has 3 rings (SSSR count). The Labute approximate surface area is 115 Å². The molecule has 0 radical (unpaired) electrons. The molecule has 1 N–H and O–H groups in total. The van der Waals surface area contributed by atoms with Crippen LogP contribution in [0.15, 0.2) is 30.3 Å². The zero-order valence-electron chi connectivity index (χ0n) is 11.5. The Balaban J connectivity index is 1.82. The summed E-state index contributed by atoms with van der Waals surface area (Å²) in [4.78, 5) is 12.5. The van der Waals surface area contributed by atoms with E-state index in [-0.39, 0.29) is 5.41 Å². The molecule has 1 aromatic carbocycles. The van der Waals surface area contributed by atoms with Crippen LogP contribution >= 0.6 is 0 Å². The van der Waals surface area contributed by atoms with E-state index >= 15 is 0 Å². The molecule has 0 heterocycles. The van der Waals surface area contributed by atoms with Gasteiger partial charge in [0.25, 0.3) is 0 Å². The number of nitrogens with one attached hydrogen (secondary N) is 1. The van der Waals surface area contributed by atoms with E-state index in [4.69, 9.17) is 0 Å². The molecule has 2 fully saturated rings. The number of hydrogen-bond donors (Lipinski definition) is 1. The van der Waals surface area contributed by atoms with Crippen molar-refractivity contribution >= 4 is 11.5 Å². The fourth-order valence-electron chi connectivity index (χ4n) is 3.93. The average molecular weight is 257 g/mol. The largest absolute Gasteiger partial charge is 0.381 e. The van der Waals surface area contributed by atoms with Gasteiger partial charge in [-0.05, 0) is 37.8 Å². The monoisotopic (exact) mass is 257 g/mol. The zero-order chi connectivity index (χ0) is 13.1. The second-order valence-corrected chi connectivity index (χ2v) is 6.10. The Bertz CT molecular complexity index is 436. The third kappa shape index (κ3) is 2.41. The number of rotatable bonds is 2. The van der Waals surface area contributed by atoms with Crippen molar-refractivity contribution in [1.29, 1.82) is 0 Å². The molecule has 0 aromatic heterocycles. The van der Waals surface area contributed by atoms with Gasteiger partial charge >= 0.3 is 0 Å². The molecule has 0 bridgehead atoms. The first kappa shape index (κ1) is 12.7. The molecule has 1 spiro atoms. The topological polar surface area (TPSA) is 29.1 Å². The summed E-state index contributed by atoms with van der Waals surface area (Å²) in [6.07, 6.45) is 8.91. The summed E-state index contributed by atoms with van der Waals surface area (Å²) in [6.45, 7) is 0. The van der Waals surface area contributed by atoms with Crippen molar-refractivity contribution in [1.82, 2.24) is 0 Å². The second-order valence-electron chi connectivity index (χ2n) is 6.10. The highest BCUT2D eigenvalue weighted by atomic mass is 16.1. The molecule has 2 aliphatic carbocycles. The number of carbonyl (C=O) groups is 1. The van der Waals surface area contributed by atoms with Gasteiger partial charge in [-0.2, -0.15) is 0 Å². The van der Waals surface area contributed by atoms with Crippen LogP contribution in [0.3, 0.4) is 0 Å². The zero-order valence-corrected chi connectivity index (χ0v) is 11.5. The number of benzene rings is 1. The highest BCUT2D eigenvalue weighted by molar-refractivity contribution is 5.87. The number of carbonyl (C=O) groups excluding carboxylic acids is 1. The Kier molecular flexibility index (Phi) is 3.58. The van der Waals surface area contributed by atoms with Gasteiger partial charge in [0, 0.05) is 23.6 Å². The lowest BCUT2D eigenvalue weighted by Crippen LogP contribution is -2.50. The molecular formula is C17H23NO. The van der Waals surface area contributed by atoms with E-state index in [9.17, 15) is 4.79 Å². The van der Waals surface area contributed by atoms with Crippen molar-refractivity contribution in [3.8, 4) is 0 Å². The third-order valence-corrected chi connectivity index (χ3v) is 4.98. The van der Waals surface area contributed by atoms with Crippen LogP contribution in [0.5, 0.6) is 0 Å². The molecule has 0 aliphatic heterocycles. The molecule has 19 heavy (non-hydrogen) atoms. The van der Waals surface area contributed by atoms with Gasteiger partial charge in [0.2, 0.25) is 0 Å². The highest BCUT2D eigenvalue weighted by Gasteiger charge is 2.47. The molecule has 2 atom stereocenters. The van der Waals surface area contributed by atoms with Crippen molar-refractivity contribution in [3.63, 3.8) is 0 Å². The fraction of sp³-hybridized carbons (Fsp3) is 0.588. The van der Waals surface area contributed by atoms with Crippen molar-refractivity contribution < 1.29 is 4.79 Å². The lowest BCUT2D eigenvalue weighted by atomic mass is 9.61. The maximum absolute atomic E-state index is 12.5. The fourth-order valence-corrected chi connectivity index (χ4v) is 3.93. The van der Waals surface area contributed by atoms with Crippen LogP contribution in [-0.2, 0) is 4.79 Å². The summed E-state index contributed by atoms with van der Waals surface area (Å²) < 4.78 is 0. The number of Topliss-reactive ketones (excluding diaryl/α,β-unsaturated/α-hetero) is 1. The maximum atomic E-state index is 12.5. The Morgan fingerprint density at radius 3 is 2.53 bits per heavy atom. The minimum Gasteiger partial charge on any atom is -0.381 e. The van der Waals surface area contributed by atoms with Crippen LogP contribution in [0.25, 0.3) is 0 Å². The first-order valence-electron chi connectivity index (χ1n) is 7.66. The predicted molar refractivity (Wildman–Crippen MR) is 78.2 cm³/mol. The average Bonchev–Trinajstić information content (AvgIpc) is 2.46. The predicted octanol–water partition coefficient (Wildman–Crippen LogP) is 4.17. The quantitative estimate of drug-likeness (QED) is 0.861. The van der Waals surface area contributed by atoms with Gasteiger partial charge in [-0.3, -0.25) is 4.79 Å². The standard InChI is InChI=1S/C17H23NO/c19-16-11-5-7-13-17(16)12-6-4-10-15(17)18-14-8-2-1-3-9-14/h1-3,8-9,15,18H,4-7,10-13H2. The first-order valence-corrected chi connectivity index (χ1v) is 7.66. The van der Waals surface area contributed by atoms with E-state index in [0.717, 1.165) is 37.8 Å². The van der Waals surface area contributed by atoms with Crippen molar-refractivity contribution in [2.45, 2.75) is 57.4 Å². The van der Waals surface area contributed by atoms with Gasteiger partial charge in [-0.25, -0.2) is 0 Å². The van der Waals surface area contributed by atoms with Crippen LogP contribution in [0.1, 0.15) is 51.4 Å². The third-order valence-electron chi connectivity index (χ3n) is 4.98. The van der Waals surface area contributed by atoms with Gasteiger partial charge in [0.1, 0.15) is 5.78 Å². The summed E-state index contributed by atoms with van der Waals surface area (Å²) in [5.41, 5.74) is 1.10. The minimum atomic E-state index is -0.0632. The van der Waals surface area contributed by atoms with Gasteiger partial charge in [0.15, 0.2) is 0 Å². The van der Waals surface area contributed by atoms with Crippen LogP contribution < -0.4 is 5.32 Å². The summed E-state index contributed by atoms with van der Waals surface area (Å²) in [7, 11) is 0. The van der Waals surface area contributed by atoms with E-state index in [2.05, 4.69) is 29.6 Å². The highest BCUT2D eigenvalue weighted by Crippen LogP contribution is 2.46. The molecule has 2 aliphatic rings. The SMILES string of the molecule is O=C1CCCCC12CCCCC2Nc1ccccc1. The molecule has 2 heteroatoms. The normalized spacial score (nSPS) is 31.4. The molecule has 2 unspecified atom stereocenters. The van der Waals surface area contributed by atoms with Crippen LogP contribution in [0.4, 0.5) is 5.69 Å². The van der Waals surface area contributed by atoms with Gasteiger partial charge < -0.3 is 5.32 Å². The first-order chi connectivity index (χ1) is 9.31. The molecule has 0 amide bonds. The van der Waals surface area contributed by atoms with Crippen LogP contribution in [-0.4, -0.2) is 11.8 Å². The molecule has 2 nitrogen and oxygen atoms in total. The number of para-hydroxylation sites is 1. The van der Waals surface area contributed by atoms with Crippen molar-refractivity contribution in [2.75, 3.05) is 5.32 Å². The number of ketones is 1. The van der Waals surface area contributed by atoms with Crippen LogP contribution in [0, 0.1) is 5.41 Å². The van der Waals surface area contributed by atoms with Crippen molar-refractivity contribution in [2.24, 2.45) is 5.41 Å². The summed E-state index contributed by atoms with van der Waals surface area (Å²) in [6, 6.07) is 10.7.